The van der Waals surface area contributed by atoms with Crippen LogP contribution in [-0.4, -0.2) is 39.0 Å². The topological polar surface area (TPSA) is 93.5 Å². The number of carbonyl (C=O) groups excluding carboxylic acids is 1. The van der Waals surface area contributed by atoms with E-state index in [0.29, 0.717) is 24.9 Å². The normalized spacial score (nSPS) is 26.2. The number of carboxylic acids is 1. The van der Waals surface area contributed by atoms with Crippen LogP contribution in [-0.2, 0) is 14.3 Å². The second-order valence-corrected chi connectivity index (χ2v) is 5.28. The van der Waals surface area contributed by atoms with Crippen LogP contribution in [0.1, 0.15) is 38.1 Å². The molecule has 20 heavy (non-hydrogen) atoms. The lowest BCUT2D eigenvalue weighted by Gasteiger charge is -2.28. The average molecular weight is 279 g/mol. The monoisotopic (exact) mass is 279 g/mol. The Morgan fingerprint density at radius 1 is 1.45 bits per heavy atom. The van der Waals surface area contributed by atoms with Crippen molar-refractivity contribution >= 4 is 17.7 Å². The van der Waals surface area contributed by atoms with Crippen LogP contribution in [0.5, 0.6) is 0 Å². The smallest absolute Gasteiger partial charge is 0.345 e. The molecule has 1 saturated heterocycles. The molecule has 1 amide bonds. The minimum Gasteiger partial charge on any atom is -0.479 e. The summed E-state index contributed by atoms with van der Waals surface area (Å²) in [5.74, 6) is -1.32. The van der Waals surface area contributed by atoms with Crippen LogP contribution in [0.25, 0.3) is 0 Å². The summed E-state index contributed by atoms with van der Waals surface area (Å²) >= 11 is 0. The zero-order valence-corrected chi connectivity index (χ0v) is 11.0. The van der Waals surface area contributed by atoms with Crippen molar-refractivity contribution in [2.24, 2.45) is 0 Å². The summed E-state index contributed by atoms with van der Waals surface area (Å²) in [7, 11) is 0. The van der Waals surface area contributed by atoms with Gasteiger partial charge in [-0.3, -0.25) is 4.79 Å². The first-order valence-corrected chi connectivity index (χ1v) is 6.86. The highest BCUT2D eigenvalue weighted by molar-refractivity contribution is 6.11. The fourth-order valence-electron chi connectivity index (χ4n) is 2.64. The first-order chi connectivity index (χ1) is 9.63. The summed E-state index contributed by atoms with van der Waals surface area (Å²) in [4.78, 5) is 23.7. The highest BCUT2D eigenvalue weighted by Gasteiger charge is 2.50. The SMILES string of the molecule is O=C(O)C1(C(=O)Nc2ccnn2C2CCC2)CCCO1. The van der Waals surface area contributed by atoms with Gasteiger partial charge in [0, 0.05) is 12.7 Å². The molecule has 1 unspecified atom stereocenters. The number of rotatable bonds is 4. The maximum Gasteiger partial charge on any atom is 0.345 e. The van der Waals surface area contributed by atoms with Crippen molar-refractivity contribution in [3.8, 4) is 0 Å². The molecule has 2 N–H and O–H groups in total. The number of nitrogens with zero attached hydrogens (tertiary/aromatic N) is 2. The predicted octanol–water partition coefficient (Wildman–Crippen LogP) is 1.18. The zero-order valence-electron chi connectivity index (χ0n) is 11.0. The fraction of sp³-hybridized carbons (Fsp3) is 0.615. The Hall–Kier alpha value is -1.89. The van der Waals surface area contributed by atoms with E-state index in [1.165, 1.54) is 0 Å². The Kier molecular flexibility index (Phi) is 3.21. The maximum atomic E-state index is 12.3. The van der Waals surface area contributed by atoms with E-state index in [1.807, 2.05) is 0 Å². The molecule has 1 aliphatic carbocycles. The summed E-state index contributed by atoms with van der Waals surface area (Å²) in [6.07, 6.45) is 5.60. The number of hydrogen-bond acceptors (Lipinski definition) is 4. The molecule has 7 heteroatoms. The molecule has 7 nitrogen and oxygen atoms in total. The first-order valence-electron chi connectivity index (χ1n) is 6.86. The number of ether oxygens (including phenoxy) is 1. The molecule has 2 aliphatic rings. The van der Waals surface area contributed by atoms with Crippen molar-refractivity contribution in [3.63, 3.8) is 0 Å². The van der Waals surface area contributed by atoms with E-state index in [4.69, 9.17) is 4.74 Å². The molecule has 0 spiro atoms. The molecule has 2 fully saturated rings. The van der Waals surface area contributed by atoms with Gasteiger partial charge in [-0.2, -0.15) is 5.10 Å². The van der Waals surface area contributed by atoms with Gasteiger partial charge in [0.05, 0.1) is 12.2 Å². The van der Waals surface area contributed by atoms with E-state index in [1.54, 1.807) is 16.9 Å². The Balaban J connectivity index is 1.78. The van der Waals surface area contributed by atoms with Crippen molar-refractivity contribution in [3.05, 3.63) is 12.3 Å². The van der Waals surface area contributed by atoms with Crippen LogP contribution in [0.4, 0.5) is 5.82 Å². The maximum absolute atomic E-state index is 12.3. The van der Waals surface area contributed by atoms with Gasteiger partial charge in [0.1, 0.15) is 5.82 Å². The van der Waals surface area contributed by atoms with Crippen molar-refractivity contribution in [1.29, 1.82) is 0 Å². The molecule has 1 aliphatic heterocycles. The number of amides is 1. The van der Waals surface area contributed by atoms with Crippen molar-refractivity contribution in [1.82, 2.24) is 9.78 Å². The van der Waals surface area contributed by atoms with Crippen LogP contribution in [0.2, 0.25) is 0 Å². The molecule has 3 rings (SSSR count). The van der Waals surface area contributed by atoms with Crippen LogP contribution < -0.4 is 5.32 Å². The Morgan fingerprint density at radius 2 is 2.25 bits per heavy atom. The van der Waals surface area contributed by atoms with Crippen molar-refractivity contribution in [2.75, 3.05) is 11.9 Å². The van der Waals surface area contributed by atoms with E-state index in [0.717, 1.165) is 19.3 Å². The van der Waals surface area contributed by atoms with Gasteiger partial charge in [-0.05, 0) is 32.1 Å². The molecule has 108 valence electrons. The number of carbonyl (C=O) groups is 2. The molecule has 2 heterocycles. The van der Waals surface area contributed by atoms with Crippen molar-refractivity contribution < 1.29 is 19.4 Å². The van der Waals surface area contributed by atoms with E-state index >= 15 is 0 Å². The van der Waals surface area contributed by atoms with Crippen LogP contribution in [0.3, 0.4) is 0 Å². The molecular formula is C13H17N3O4. The van der Waals surface area contributed by atoms with Gasteiger partial charge >= 0.3 is 5.97 Å². The van der Waals surface area contributed by atoms with E-state index < -0.39 is 17.5 Å². The number of carboxylic acid groups (broad SMARTS) is 1. The lowest BCUT2D eigenvalue weighted by Crippen LogP contribution is -2.49. The van der Waals surface area contributed by atoms with Crippen molar-refractivity contribution in [2.45, 2.75) is 43.7 Å². The third-order valence-corrected chi connectivity index (χ3v) is 4.07. The standard InChI is InChI=1S/C13H17N3O4/c17-11(13(12(18)19)6-2-8-20-13)15-10-5-7-14-16(10)9-3-1-4-9/h5,7,9H,1-4,6,8H2,(H,15,17)(H,18,19). The summed E-state index contributed by atoms with van der Waals surface area (Å²) in [5.41, 5.74) is -1.76. The van der Waals surface area contributed by atoms with Gasteiger partial charge < -0.3 is 15.2 Å². The average Bonchev–Trinajstić information content (AvgIpc) is 2.97. The summed E-state index contributed by atoms with van der Waals surface area (Å²) in [6.45, 7) is 0.293. The Labute approximate surface area is 115 Å². The molecule has 0 radical (unpaired) electrons. The minimum atomic E-state index is -1.76. The van der Waals surface area contributed by atoms with Crippen LogP contribution >= 0.6 is 0 Å². The quantitative estimate of drug-likeness (QED) is 0.807. The molecule has 0 aromatic carbocycles. The van der Waals surface area contributed by atoms with Gasteiger partial charge in [0.25, 0.3) is 5.91 Å². The lowest BCUT2D eigenvalue weighted by molar-refractivity contribution is -0.165. The highest BCUT2D eigenvalue weighted by atomic mass is 16.5. The first kappa shape index (κ1) is 13.1. The molecule has 1 atom stereocenters. The van der Waals surface area contributed by atoms with E-state index in [2.05, 4.69) is 10.4 Å². The van der Waals surface area contributed by atoms with Gasteiger partial charge in [-0.25, -0.2) is 9.48 Å². The van der Waals surface area contributed by atoms with Gasteiger partial charge in [0.15, 0.2) is 0 Å². The van der Waals surface area contributed by atoms with Crippen LogP contribution in [0, 0.1) is 0 Å². The van der Waals surface area contributed by atoms with Crippen LogP contribution in [0.15, 0.2) is 12.3 Å². The van der Waals surface area contributed by atoms with Gasteiger partial charge in [-0.1, -0.05) is 0 Å². The fourth-order valence-corrected chi connectivity index (χ4v) is 2.64. The summed E-state index contributed by atoms with van der Waals surface area (Å²) in [5, 5.41) is 16.1. The number of hydrogen-bond donors (Lipinski definition) is 2. The molecule has 1 saturated carbocycles. The molecule has 1 aromatic heterocycles. The van der Waals surface area contributed by atoms with E-state index in [9.17, 15) is 14.7 Å². The molecule has 1 aromatic rings. The zero-order chi connectivity index (χ0) is 14.2. The summed E-state index contributed by atoms with van der Waals surface area (Å²) < 4.78 is 6.97. The second-order valence-electron chi connectivity index (χ2n) is 5.28. The van der Waals surface area contributed by atoms with Gasteiger partial charge in [0.2, 0.25) is 5.60 Å². The van der Waals surface area contributed by atoms with E-state index in [-0.39, 0.29) is 6.42 Å². The Bertz CT molecular complexity index is 529. The number of aromatic nitrogens is 2. The lowest BCUT2D eigenvalue weighted by atomic mass is 9.93. The number of anilines is 1. The molecular weight excluding hydrogens is 262 g/mol. The minimum absolute atomic E-state index is 0.200. The number of aliphatic carboxylic acids is 1. The third kappa shape index (κ3) is 1.98. The third-order valence-electron chi connectivity index (χ3n) is 4.07. The summed E-state index contributed by atoms with van der Waals surface area (Å²) in [6, 6.07) is 1.98. The largest absolute Gasteiger partial charge is 0.479 e. The second kappa shape index (κ2) is 4.90. The number of nitrogens with one attached hydrogen (secondary N) is 1. The molecule has 0 bridgehead atoms. The predicted molar refractivity (Wildman–Crippen MR) is 69.3 cm³/mol. The van der Waals surface area contributed by atoms with Gasteiger partial charge in [-0.15, -0.1) is 0 Å². The highest BCUT2D eigenvalue weighted by Crippen LogP contribution is 2.34. The Morgan fingerprint density at radius 3 is 2.80 bits per heavy atom.